The highest BCUT2D eigenvalue weighted by molar-refractivity contribution is 5.90. The smallest absolute Gasteiger partial charge is 0.224 e. The molecule has 1 N–H and O–H groups in total. The van der Waals surface area contributed by atoms with Gasteiger partial charge >= 0.3 is 0 Å². The molecule has 0 aliphatic rings. The Morgan fingerprint density at radius 1 is 1.40 bits per heavy atom. The molecule has 0 saturated carbocycles. The molecular weight excluding hydrogens is 188 g/mol. The topological polar surface area (TPSA) is 42.0 Å². The van der Waals surface area contributed by atoms with Crippen LogP contribution in [0.3, 0.4) is 0 Å². The number of pyridine rings is 1. The second-order valence-corrected chi connectivity index (χ2v) is 3.04. The minimum Gasteiger partial charge on any atom is -0.325 e. The van der Waals surface area contributed by atoms with Gasteiger partial charge in [-0.2, -0.15) is 0 Å². The zero-order valence-corrected chi connectivity index (χ0v) is 10.2. The van der Waals surface area contributed by atoms with E-state index in [9.17, 15) is 4.79 Å². The summed E-state index contributed by atoms with van der Waals surface area (Å²) in [5, 5.41) is 2.79. The van der Waals surface area contributed by atoms with E-state index in [1.165, 1.54) is 0 Å². The van der Waals surface area contributed by atoms with Crippen LogP contribution >= 0.6 is 0 Å². The van der Waals surface area contributed by atoms with E-state index in [1.54, 1.807) is 6.20 Å². The summed E-state index contributed by atoms with van der Waals surface area (Å²) < 4.78 is 0. The molecule has 0 atom stereocenters. The van der Waals surface area contributed by atoms with E-state index in [4.69, 9.17) is 0 Å². The molecule has 15 heavy (non-hydrogen) atoms. The maximum absolute atomic E-state index is 11.1. The Labute approximate surface area is 91.9 Å². The molecule has 0 spiro atoms. The summed E-state index contributed by atoms with van der Waals surface area (Å²) >= 11 is 0. The second kappa shape index (κ2) is 6.98. The van der Waals surface area contributed by atoms with E-state index >= 15 is 0 Å². The third-order valence-electron chi connectivity index (χ3n) is 1.84. The number of hydrogen-bond donors (Lipinski definition) is 1. The fourth-order valence-corrected chi connectivity index (χ4v) is 1.07. The van der Waals surface area contributed by atoms with Gasteiger partial charge in [0.1, 0.15) is 0 Å². The Hall–Kier alpha value is -1.38. The molecule has 3 nitrogen and oxygen atoms in total. The van der Waals surface area contributed by atoms with E-state index < -0.39 is 0 Å². The largest absolute Gasteiger partial charge is 0.325 e. The van der Waals surface area contributed by atoms with Gasteiger partial charge in [0.25, 0.3) is 0 Å². The van der Waals surface area contributed by atoms with Gasteiger partial charge in [-0.25, -0.2) is 0 Å². The van der Waals surface area contributed by atoms with Crippen LogP contribution in [-0.2, 0) is 4.79 Å². The zero-order chi connectivity index (χ0) is 11.8. The minimum atomic E-state index is 0.0220. The maximum Gasteiger partial charge on any atom is 0.224 e. The zero-order valence-electron chi connectivity index (χ0n) is 10.2. The number of amides is 1. The molecule has 0 fully saturated rings. The first kappa shape index (κ1) is 13.6. The van der Waals surface area contributed by atoms with Crippen LogP contribution in [0.2, 0.25) is 0 Å². The summed E-state index contributed by atoms with van der Waals surface area (Å²) in [5.74, 6) is 0.0220. The van der Waals surface area contributed by atoms with Crippen molar-refractivity contribution in [2.45, 2.75) is 41.0 Å². The van der Waals surface area contributed by atoms with Crippen molar-refractivity contribution in [1.82, 2.24) is 4.98 Å². The molecule has 1 amide bonds. The lowest BCUT2D eigenvalue weighted by Crippen LogP contribution is -2.10. The Morgan fingerprint density at radius 3 is 2.47 bits per heavy atom. The van der Waals surface area contributed by atoms with Gasteiger partial charge in [-0.1, -0.05) is 20.8 Å². The van der Waals surface area contributed by atoms with Crippen molar-refractivity contribution in [3.05, 3.63) is 23.5 Å². The Bertz CT molecular complexity index is 321. The van der Waals surface area contributed by atoms with Gasteiger partial charge in [0.05, 0.1) is 11.9 Å². The number of carbonyl (C=O) groups is 1. The van der Waals surface area contributed by atoms with Gasteiger partial charge in [0.2, 0.25) is 5.91 Å². The molecule has 0 aliphatic carbocycles. The third kappa shape index (κ3) is 4.58. The molecule has 0 bridgehead atoms. The number of aromatic nitrogens is 1. The summed E-state index contributed by atoms with van der Waals surface area (Å²) in [6.07, 6.45) is 2.19. The summed E-state index contributed by atoms with van der Waals surface area (Å²) in [6.45, 7) is 9.71. The maximum atomic E-state index is 11.1. The van der Waals surface area contributed by atoms with E-state index in [0.717, 1.165) is 16.9 Å². The molecule has 1 aromatic rings. The number of carbonyl (C=O) groups excluding carboxylic acids is 1. The highest BCUT2D eigenvalue weighted by atomic mass is 16.1. The van der Waals surface area contributed by atoms with Crippen LogP contribution in [0.15, 0.2) is 12.3 Å². The normalized spacial score (nSPS) is 8.87. The number of nitrogens with zero attached hydrogens (tertiary/aromatic N) is 1. The number of hydrogen-bond acceptors (Lipinski definition) is 2. The van der Waals surface area contributed by atoms with Crippen molar-refractivity contribution in [2.75, 3.05) is 5.32 Å². The number of anilines is 1. The average molecular weight is 208 g/mol. The van der Waals surface area contributed by atoms with E-state index in [2.05, 4.69) is 10.3 Å². The van der Waals surface area contributed by atoms with Gasteiger partial charge in [-0.3, -0.25) is 9.78 Å². The lowest BCUT2D eigenvalue weighted by Gasteiger charge is -2.06. The van der Waals surface area contributed by atoms with Crippen molar-refractivity contribution in [3.8, 4) is 0 Å². The third-order valence-corrected chi connectivity index (χ3v) is 1.84. The van der Waals surface area contributed by atoms with Crippen LogP contribution in [0.1, 0.15) is 38.4 Å². The summed E-state index contributed by atoms with van der Waals surface area (Å²) in [7, 11) is 0. The molecular formula is C12H20N2O. The van der Waals surface area contributed by atoms with Crippen molar-refractivity contribution in [2.24, 2.45) is 0 Å². The molecule has 84 valence electrons. The van der Waals surface area contributed by atoms with Crippen LogP contribution in [0.25, 0.3) is 0 Å². The van der Waals surface area contributed by atoms with Crippen molar-refractivity contribution in [3.63, 3.8) is 0 Å². The van der Waals surface area contributed by atoms with Gasteiger partial charge in [-0.05, 0) is 25.5 Å². The van der Waals surface area contributed by atoms with Crippen LogP contribution in [0.5, 0.6) is 0 Å². The first-order valence-corrected chi connectivity index (χ1v) is 5.36. The summed E-state index contributed by atoms with van der Waals surface area (Å²) in [4.78, 5) is 15.2. The average Bonchev–Trinajstić information content (AvgIpc) is 2.25. The number of rotatable bonds is 2. The second-order valence-electron chi connectivity index (χ2n) is 3.04. The predicted molar refractivity (Wildman–Crippen MR) is 64.0 cm³/mol. The molecule has 1 aromatic heterocycles. The minimum absolute atomic E-state index is 0.0220. The van der Waals surface area contributed by atoms with Gasteiger partial charge < -0.3 is 5.32 Å². The number of nitrogens with one attached hydrogen (secondary N) is 1. The SMILES string of the molecule is CC.CCC(=O)Nc1cnc(C)cc1C. The summed E-state index contributed by atoms with van der Waals surface area (Å²) in [6, 6.07) is 1.95. The van der Waals surface area contributed by atoms with Crippen molar-refractivity contribution in [1.29, 1.82) is 0 Å². The van der Waals surface area contributed by atoms with Crippen LogP contribution in [0, 0.1) is 13.8 Å². The quantitative estimate of drug-likeness (QED) is 0.811. The molecule has 0 aromatic carbocycles. The predicted octanol–water partition coefficient (Wildman–Crippen LogP) is 3.07. The molecule has 0 radical (unpaired) electrons. The standard InChI is InChI=1S/C10H14N2O.C2H6/c1-4-10(13)12-9-6-11-8(3)5-7(9)2;1-2/h5-6H,4H2,1-3H3,(H,12,13);1-2H3. The number of aryl methyl sites for hydroxylation is 2. The fraction of sp³-hybridized carbons (Fsp3) is 0.500. The first-order valence-electron chi connectivity index (χ1n) is 5.36. The van der Waals surface area contributed by atoms with E-state index in [0.29, 0.717) is 6.42 Å². The van der Waals surface area contributed by atoms with Crippen molar-refractivity contribution >= 4 is 11.6 Å². The Morgan fingerprint density at radius 2 is 2.00 bits per heavy atom. The van der Waals surface area contributed by atoms with Crippen LogP contribution < -0.4 is 5.32 Å². The van der Waals surface area contributed by atoms with Crippen LogP contribution in [0.4, 0.5) is 5.69 Å². The molecule has 0 unspecified atom stereocenters. The molecule has 3 heteroatoms. The lowest BCUT2D eigenvalue weighted by molar-refractivity contribution is -0.115. The van der Waals surface area contributed by atoms with E-state index in [1.807, 2.05) is 40.7 Å². The highest BCUT2D eigenvalue weighted by Gasteiger charge is 2.02. The Balaban J connectivity index is 0.000000921. The van der Waals surface area contributed by atoms with E-state index in [-0.39, 0.29) is 5.91 Å². The molecule has 1 rings (SSSR count). The highest BCUT2D eigenvalue weighted by Crippen LogP contribution is 2.13. The molecule has 1 heterocycles. The lowest BCUT2D eigenvalue weighted by atomic mass is 10.2. The molecule has 0 saturated heterocycles. The first-order chi connectivity index (χ1) is 7.13. The monoisotopic (exact) mass is 208 g/mol. The fourth-order valence-electron chi connectivity index (χ4n) is 1.07. The van der Waals surface area contributed by atoms with Crippen molar-refractivity contribution < 1.29 is 4.79 Å². The van der Waals surface area contributed by atoms with Gasteiger partial charge in [0.15, 0.2) is 0 Å². The Kier molecular flexibility index (Phi) is 6.34. The summed E-state index contributed by atoms with van der Waals surface area (Å²) in [5.41, 5.74) is 2.82. The van der Waals surface area contributed by atoms with Gasteiger partial charge in [0, 0.05) is 12.1 Å². The van der Waals surface area contributed by atoms with Crippen LogP contribution in [-0.4, -0.2) is 10.9 Å². The van der Waals surface area contributed by atoms with Gasteiger partial charge in [-0.15, -0.1) is 0 Å². The molecule has 0 aliphatic heterocycles.